The molecule has 0 aliphatic rings. The highest BCUT2D eigenvalue weighted by molar-refractivity contribution is 5.79. The van der Waals surface area contributed by atoms with E-state index in [0.717, 1.165) is 33.7 Å². The van der Waals surface area contributed by atoms with Gasteiger partial charge in [-0.1, -0.05) is 78.9 Å². The number of carbonyl (C=O) groups is 1. The van der Waals surface area contributed by atoms with Crippen LogP contribution in [-0.2, 0) is 24.2 Å². The Morgan fingerprint density at radius 2 is 1.62 bits per heavy atom. The normalized spacial score (nSPS) is 10.9. The topological polar surface area (TPSA) is 56.1 Å². The molecule has 0 aliphatic heterocycles. The summed E-state index contributed by atoms with van der Waals surface area (Å²) in [7, 11) is 0. The number of rotatable bonds is 10. The number of aryl methyl sites for hydroxylation is 1. The zero-order chi connectivity index (χ0) is 25.5. The van der Waals surface area contributed by atoms with E-state index in [4.69, 9.17) is 9.72 Å². The van der Waals surface area contributed by atoms with Crippen molar-refractivity contribution < 1.29 is 9.53 Å². The first-order chi connectivity index (χ1) is 18.2. The Morgan fingerprint density at radius 3 is 2.43 bits per heavy atom. The van der Waals surface area contributed by atoms with Crippen LogP contribution >= 0.6 is 0 Å². The number of amides is 1. The zero-order valence-electron chi connectivity index (χ0n) is 21.1. The molecule has 37 heavy (non-hydrogen) atoms. The van der Waals surface area contributed by atoms with E-state index in [9.17, 15) is 4.79 Å². The maximum Gasteiger partial charge on any atom is 0.224 e. The SMILES string of the molecule is Cc1cccc(OCCn2c(CCNC(=O)Cc3ccc(-c4ccccc4)cc3)nc3ccccc32)c1. The molecule has 5 rings (SSSR count). The van der Waals surface area contributed by atoms with Crippen molar-refractivity contribution in [2.45, 2.75) is 26.3 Å². The molecule has 0 atom stereocenters. The van der Waals surface area contributed by atoms with Gasteiger partial charge in [-0.3, -0.25) is 4.79 Å². The first kappa shape index (κ1) is 24.3. The molecule has 186 valence electrons. The van der Waals surface area contributed by atoms with Gasteiger partial charge in [0.15, 0.2) is 0 Å². The van der Waals surface area contributed by atoms with Gasteiger partial charge in [0.05, 0.1) is 24.0 Å². The monoisotopic (exact) mass is 489 g/mol. The summed E-state index contributed by atoms with van der Waals surface area (Å²) in [6, 6.07) is 34.6. The standard InChI is InChI=1S/C32H31N3O2/c1-24-8-7-11-28(22-24)37-21-20-35-30-13-6-5-12-29(30)34-31(35)18-19-33-32(36)23-25-14-16-27(17-15-25)26-9-3-2-4-10-26/h2-17,22H,18-21,23H2,1H3,(H,33,36). The Labute approximate surface area is 217 Å². The van der Waals surface area contributed by atoms with Crippen LogP contribution in [-0.4, -0.2) is 28.6 Å². The van der Waals surface area contributed by atoms with Gasteiger partial charge in [0.1, 0.15) is 18.2 Å². The summed E-state index contributed by atoms with van der Waals surface area (Å²) in [5, 5.41) is 3.06. The number of nitrogens with one attached hydrogen (secondary N) is 1. The first-order valence-corrected chi connectivity index (χ1v) is 12.7. The molecule has 5 aromatic rings. The number of hydrogen-bond acceptors (Lipinski definition) is 3. The second kappa shape index (κ2) is 11.6. The number of hydrogen-bond donors (Lipinski definition) is 1. The molecule has 5 heteroatoms. The second-order valence-corrected chi connectivity index (χ2v) is 9.17. The summed E-state index contributed by atoms with van der Waals surface area (Å²) in [5.74, 6) is 1.83. The third-order valence-corrected chi connectivity index (χ3v) is 6.40. The van der Waals surface area contributed by atoms with Gasteiger partial charge < -0.3 is 14.6 Å². The van der Waals surface area contributed by atoms with Crippen molar-refractivity contribution in [3.8, 4) is 16.9 Å². The van der Waals surface area contributed by atoms with Gasteiger partial charge in [0.2, 0.25) is 5.91 Å². The molecule has 0 saturated carbocycles. The Bertz CT molecular complexity index is 1470. The Balaban J connectivity index is 1.17. The number of para-hydroxylation sites is 2. The highest BCUT2D eigenvalue weighted by atomic mass is 16.5. The minimum absolute atomic E-state index is 0.0119. The van der Waals surface area contributed by atoms with E-state index < -0.39 is 0 Å². The molecule has 1 N–H and O–H groups in total. The van der Waals surface area contributed by atoms with Crippen molar-refractivity contribution in [3.05, 3.63) is 120 Å². The highest BCUT2D eigenvalue weighted by Gasteiger charge is 2.11. The minimum atomic E-state index is 0.0119. The van der Waals surface area contributed by atoms with E-state index in [1.807, 2.05) is 66.7 Å². The van der Waals surface area contributed by atoms with Crippen molar-refractivity contribution >= 4 is 16.9 Å². The Kier molecular flexibility index (Phi) is 7.60. The molecule has 1 amide bonds. The smallest absolute Gasteiger partial charge is 0.224 e. The maximum absolute atomic E-state index is 12.6. The first-order valence-electron chi connectivity index (χ1n) is 12.7. The Hall–Kier alpha value is -4.38. The third kappa shape index (κ3) is 6.25. The highest BCUT2D eigenvalue weighted by Crippen LogP contribution is 2.20. The van der Waals surface area contributed by atoms with Crippen LogP contribution in [0, 0.1) is 6.92 Å². The van der Waals surface area contributed by atoms with Gasteiger partial charge in [0, 0.05) is 13.0 Å². The molecule has 1 heterocycles. The lowest BCUT2D eigenvalue weighted by atomic mass is 10.0. The predicted molar refractivity (Wildman–Crippen MR) is 149 cm³/mol. The molecule has 0 unspecified atom stereocenters. The van der Waals surface area contributed by atoms with Gasteiger partial charge in [-0.05, 0) is 53.4 Å². The number of aromatic nitrogens is 2. The molecule has 0 radical (unpaired) electrons. The minimum Gasteiger partial charge on any atom is -0.492 e. The lowest BCUT2D eigenvalue weighted by Gasteiger charge is -2.12. The number of nitrogens with zero attached hydrogens (tertiary/aromatic N) is 2. The predicted octanol–water partition coefficient (Wildman–Crippen LogP) is 5.99. The molecule has 1 aromatic heterocycles. The molecule has 0 saturated heterocycles. The van der Waals surface area contributed by atoms with Crippen molar-refractivity contribution in [1.82, 2.24) is 14.9 Å². The van der Waals surface area contributed by atoms with Crippen LogP contribution < -0.4 is 10.1 Å². The van der Waals surface area contributed by atoms with E-state index >= 15 is 0 Å². The number of carbonyl (C=O) groups excluding carboxylic acids is 1. The molecule has 5 nitrogen and oxygen atoms in total. The summed E-state index contributed by atoms with van der Waals surface area (Å²) in [4.78, 5) is 17.4. The largest absolute Gasteiger partial charge is 0.492 e. The van der Waals surface area contributed by atoms with E-state index in [1.165, 1.54) is 11.1 Å². The molecule has 0 spiro atoms. The lowest BCUT2D eigenvalue weighted by molar-refractivity contribution is -0.120. The van der Waals surface area contributed by atoms with Crippen molar-refractivity contribution in [1.29, 1.82) is 0 Å². The van der Waals surface area contributed by atoms with Crippen molar-refractivity contribution in [2.75, 3.05) is 13.2 Å². The van der Waals surface area contributed by atoms with Crippen molar-refractivity contribution in [2.24, 2.45) is 0 Å². The van der Waals surface area contributed by atoms with E-state index in [1.54, 1.807) is 0 Å². The van der Waals surface area contributed by atoms with Crippen LogP contribution in [0.4, 0.5) is 0 Å². The molecule has 0 bridgehead atoms. The summed E-state index contributed by atoms with van der Waals surface area (Å²) in [6.45, 7) is 3.82. The third-order valence-electron chi connectivity index (χ3n) is 6.40. The summed E-state index contributed by atoms with van der Waals surface area (Å²) in [6.07, 6.45) is 1.01. The van der Waals surface area contributed by atoms with Gasteiger partial charge in [0.25, 0.3) is 0 Å². The molecule has 0 fully saturated rings. The molecule has 0 aliphatic carbocycles. The van der Waals surface area contributed by atoms with Crippen LogP contribution in [0.25, 0.3) is 22.2 Å². The number of imidazole rings is 1. The fraction of sp³-hybridized carbons (Fsp3) is 0.188. The van der Waals surface area contributed by atoms with E-state index in [0.29, 0.717) is 32.5 Å². The van der Waals surface area contributed by atoms with Gasteiger partial charge in [-0.2, -0.15) is 0 Å². The number of benzene rings is 4. The Morgan fingerprint density at radius 1 is 0.865 bits per heavy atom. The van der Waals surface area contributed by atoms with Gasteiger partial charge >= 0.3 is 0 Å². The lowest BCUT2D eigenvalue weighted by Crippen LogP contribution is -2.28. The number of fused-ring (bicyclic) bond motifs is 1. The summed E-state index contributed by atoms with van der Waals surface area (Å²) in [5.41, 5.74) is 6.53. The van der Waals surface area contributed by atoms with Crippen LogP contribution in [0.5, 0.6) is 5.75 Å². The molecular formula is C32H31N3O2. The van der Waals surface area contributed by atoms with E-state index in [2.05, 4.69) is 53.2 Å². The molecular weight excluding hydrogens is 458 g/mol. The summed E-state index contributed by atoms with van der Waals surface area (Å²) < 4.78 is 8.19. The second-order valence-electron chi connectivity index (χ2n) is 9.17. The van der Waals surface area contributed by atoms with Gasteiger partial charge in [-0.25, -0.2) is 4.98 Å². The fourth-order valence-corrected chi connectivity index (χ4v) is 4.53. The fourth-order valence-electron chi connectivity index (χ4n) is 4.53. The van der Waals surface area contributed by atoms with E-state index in [-0.39, 0.29) is 5.91 Å². The molecule has 4 aromatic carbocycles. The maximum atomic E-state index is 12.6. The van der Waals surface area contributed by atoms with Crippen molar-refractivity contribution in [3.63, 3.8) is 0 Å². The zero-order valence-corrected chi connectivity index (χ0v) is 21.1. The van der Waals surface area contributed by atoms with Gasteiger partial charge in [-0.15, -0.1) is 0 Å². The number of ether oxygens (including phenoxy) is 1. The summed E-state index contributed by atoms with van der Waals surface area (Å²) >= 11 is 0. The average molecular weight is 490 g/mol. The average Bonchev–Trinajstić information content (AvgIpc) is 3.27. The van der Waals surface area contributed by atoms with Crippen LogP contribution in [0.1, 0.15) is 17.0 Å². The van der Waals surface area contributed by atoms with Crippen LogP contribution in [0.3, 0.4) is 0 Å². The van der Waals surface area contributed by atoms with Crippen LogP contribution in [0.2, 0.25) is 0 Å². The van der Waals surface area contributed by atoms with Crippen LogP contribution in [0.15, 0.2) is 103 Å². The quantitative estimate of drug-likeness (QED) is 0.262.